The first-order valence-electron chi connectivity index (χ1n) is 15.2. The Labute approximate surface area is 251 Å². The van der Waals surface area contributed by atoms with Crippen molar-refractivity contribution >= 4 is 33.7 Å². The number of fused-ring (bicyclic) bond motifs is 2. The summed E-state index contributed by atoms with van der Waals surface area (Å²) >= 11 is 0. The molecule has 2 amide bonds. The topological polar surface area (TPSA) is 126 Å². The molecule has 0 aliphatic carbocycles. The van der Waals surface area contributed by atoms with Crippen LogP contribution in [0.3, 0.4) is 0 Å². The van der Waals surface area contributed by atoms with Gasteiger partial charge in [-0.15, -0.1) is 0 Å². The standard InChI is InChI=1S/C33H41N5O5/c1-21(27-16-35-28-9-5-4-8-26(27)28)31(33(40)37(2)18-30-41-19-24(34)20-42-30)36-32(39)22-11-13-38(14-12-22)17-25-15-23-7-3-6-10-29(23)43-25/h3-10,15-16,21-22,24,30-31,35H,11-14,17-20,34H2,1-2H3,(H,36,39)/t21-,24?,30?,31-/m1/s1. The number of furan rings is 1. The first-order chi connectivity index (χ1) is 20.9. The molecular weight excluding hydrogens is 546 g/mol. The number of rotatable bonds is 9. The number of piperidine rings is 1. The number of hydrogen-bond donors (Lipinski definition) is 3. The van der Waals surface area contributed by atoms with Crippen LogP contribution in [0, 0.1) is 5.92 Å². The number of carbonyl (C=O) groups is 2. The van der Waals surface area contributed by atoms with E-state index in [2.05, 4.69) is 27.3 Å². The third-order valence-corrected chi connectivity index (χ3v) is 8.78. The van der Waals surface area contributed by atoms with Crippen molar-refractivity contribution in [1.29, 1.82) is 0 Å². The molecule has 6 rings (SSSR count). The van der Waals surface area contributed by atoms with Gasteiger partial charge in [-0.2, -0.15) is 0 Å². The lowest BCUT2D eigenvalue weighted by atomic mass is 9.90. The number of para-hydroxylation sites is 2. The van der Waals surface area contributed by atoms with Gasteiger partial charge in [0.25, 0.3) is 0 Å². The van der Waals surface area contributed by atoms with Crippen LogP contribution in [0.5, 0.6) is 0 Å². The third kappa shape index (κ3) is 6.62. The second kappa shape index (κ2) is 12.9. The van der Waals surface area contributed by atoms with Crippen LogP contribution in [-0.2, 0) is 25.6 Å². The Bertz CT molecular complexity index is 1520. The number of nitrogens with one attached hydrogen (secondary N) is 2. The average Bonchev–Trinajstić information content (AvgIpc) is 3.64. The van der Waals surface area contributed by atoms with Crippen LogP contribution in [0.2, 0.25) is 0 Å². The van der Waals surface area contributed by atoms with E-state index >= 15 is 0 Å². The highest BCUT2D eigenvalue weighted by Gasteiger charge is 2.35. The van der Waals surface area contributed by atoms with Crippen LogP contribution in [0.1, 0.15) is 37.0 Å². The van der Waals surface area contributed by atoms with E-state index < -0.39 is 12.3 Å². The number of likely N-dealkylation sites (N-methyl/N-ethyl adjacent to an activating group) is 1. The van der Waals surface area contributed by atoms with E-state index in [1.807, 2.05) is 55.6 Å². The molecule has 0 bridgehead atoms. The maximum Gasteiger partial charge on any atom is 0.245 e. The fourth-order valence-electron chi connectivity index (χ4n) is 6.22. The summed E-state index contributed by atoms with van der Waals surface area (Å²) in [6, 6.07) is 17.2. The van der Waals surface area contributed by atoms with Gasteiger partial charge in [0.2, 0.25) is 11.8 Å². The monoisotopic (exact) mass is 587 g/mol. The van der Waals surface area contributed by atoms with Gasteiger partial charge in [-0.25, -0.2) is 0 Å². The molecule has 2 fully saturated rings. The van der Waals surface area contributed by atoms with E-state index in [1.54, 1.807) is 11.9 Å². The number of benzene rings is 2. The molecular formula is C33H41N5O5. The molecule has 2 aromatic heterocycles. The van der Waals surface area contributed by atoms with Crippen molar-refractivity contribution in [2.75, 3.05) is 39.9 Å². The summed E-state index contributed by atoms with van der Waals surface area (Å²) in [6.07, 6.45) is 2.82. The molecule has 2 saturated heterocycles. The number of carbonyl (C=O) groups excluding carboxylic acids is 2. The van der Waals surface area contributed by atoms with Crippen LogP contribution in [0.25, 0.3) is 21.9 Å². The molecule has 2 atom stereocenters. The number of ether oxygens (including phenoxy) is 2. The first-order valence-corrected chi connectivity index (χ1v) is 15.2. The highest BCUT2D eigenvalue weighted by molar-refractivity contribution is 5.91. The molecule has 10 heteroatoms. The minimum atomic E-state index is -0.754. The zero-order valence-corrected chi connectivity index (χ0v) is 24.8. The largest absolute Gasteiger partial charge is 0.460 e. The van der Waals surface area contributed by atoms with Crippen molar-refractivity contribution in [3.8, 4) is 0 Å². The van der Waals surface area contributed by atoms with Gasteiger partial charge in [0, 0.05) is 41.4 Å². The van der Waals surface area contributed by atoms with Crippen molar-refractivity contribution in [2.24, 2.45) is 11.7 Å². The second-order valence-electron chi connectivity index (χ2n) is 11.9. The van der Waals surface area contributed by atoms with Crippen molar-refractivity contribution in [2.45, 2.75) is 50.6 Å². The number of likely N-dealkylation sites (tertiary alicyclic amines) is 1. The van der Waals surface area contributed by atoms with Gasteiger partial charge < -0.3 is 34.8 Å². The zero-order valence-electron chi connectivity index (χ0n) is 24.8. The van der Waals surface area contributed by atoms with Crippen LogP contribution < -0.4 is 11.1 Å². The number of nitrogens with zero attached hydrogens (tertiary/aromatic N) is 2. The Morgan fingerprint density at radius 3 is 2.58 bits per heavy atom. The molecule has 0 spiro atoms. The summed E-state index contributed by atoms with van der Waals surface area (Å²) < 4.78 is 17.4. The van der Waals surface area contributed by atoms with Gasteiger partial charge in [0.15, 0.2) is 6.29 Å². The molecule has 43 heavy (non-hydrogen) atoms. The highest BCUT2D eigenvalue weighted by atomic mass is 16.7. The number of amides is 2. The van der Waals surface area contributed by atoms with Gasteiger partial charge >= 0.3 is 0 Å². The van der Waals surface area contributed by atoms with Crippen LogP contribution in [-0.4, -0.2) is 84.9 Å². The predicted octanol–water partition coefficient (Wildman–Crippen LogP) is 3.57. The van der Waals surface area contributed by atoms with E-state index in [1.165, 1.54) is 0 Å². The van der Waals surface area contributed by atoms with Crippen molar-refractivity contribution < 1.29 is 23.5 Å². The second-order valence-corrected chi connectivity index (χ2v) is 11.9. The lowest BCUT2D eigenvalue weighted by Crippen LogP contribution is -2.54. The van der Waals surface area contributed by atoms with E-state index in [0.29, 0.717) is 32.6 Å². The normalized spacial score (nSPS) is 21.6. The smallest absolute Gasteiger partial charge is 0.245 e. The van der Waals surface area contributed by atoms with Gasteiger partial charge in [-0.1, -0.05) is 43.3 Å². The van der Waals surface area contributed by atoms with Crippen LogP contribution in [0.4, 0.5) is 0 Å². The van der Waals surface area contributed by atoms with Gasteiger partial charge in [0.05, 0.1) is 32.3 Å². The molecule has 2 aliphatic heterocycles. The molecule has 0 radical (unpaired) electrons. The molecule has 228 valence electrons. The first kappa shape index (κ1) is 29.4. The van der Waals surface area contributed by atoms with Crippen LogP contribution in [0.15, 0.2) is 65.2 Å². The number of aromatic amines is 1. The molecule has 10 nitrogen and oxygen atoms in total. The molecule has 0 unspecified atom stereocenters. The summed E-state index contributed by atoms with van der Waals surface area (Å²) in [5, 5.41) is 5.30. The minimum Gasteiger partial charge on any atom is -0.460 e. The Kier molecular flexibility index (Phi) is 8.80. The molecule has 4 heterocycles. The fraction of sp³-hybridized carbons (Fsp3) is 0.455. The summed E-state index contributed by atoms with van der Waals surface area (Å²) in [5.74, 6) is 0.214. The Morgan fingerprint density at radius 2 is 1.81 bits per heavy atom. The summed E-state index contributed by atoms with van der Waals surface area (Å²) in [4.78, 5) is 34.9. The predicted molar refractivity (Wildman–Crippen MR) is 164 cm³/mol. The lowest BCUT2D eigenvalue weighted by Gasteiger charge is -2.35. The molecule has 0 saturated carbocycles. The number of hydrogen-bond acceptors (Lipinski definition) is 7. The SMILES string of the molecule is C[C@H](c1c[nH]c2ccccc12)[C@@H](NC(=O)C1CCN(Cc2cc3ccccc3o2)CC1)C(=O)N(C)CC1OCC(N)CO1. The summed E-state index contributed by atoms with van der Waals surface area (Å²) in [6.45, 7) is 5.28. The van der Waals surface area contributed by atoms with Crippen molar-refractivity contribution in [1.82, 2.24) is 20.1 Å². The maximum atomic E-state index is 13.9. The van der Waals surface area contributed by atoms with Crippen molar-refractivity contribution in [3.63, 3.8) is 0 Å². The number of aromatic nitrogens is 1. The average molecular weight is 588 g/mol. The van der Waals surface area contributed by atoms with Gasteiger partial charge in [-0.3, -0.25) is 14.5 Å². The Balaban J connectivity index is 1.12. The van der Waals surface area contributed by atoms with Crippen molar-refractivity contribution in [3.05, 3.63) is 72.1 Å². The number of nitrogens with two attached hydrogens (primary N) is 1. The summed E-state index contributed by atoms with van der Waals surface area (Å²) in [7, 11) is 1.72. The lowest BCUT2D eigenvalue weighted by molar-refractivity contribution is -0.193. The molecule has 4 aromatic rings. The van der Waals surface area contributed by atoms with E-state index in [-0.39, 0.29) is 36.2 Å². The Hall–Kier alpha value is -3.70. The van der Waals surface area contributed by atoms with Crippen LogP contribution >= 0.6 is 0 Å². The van der Waals surface area contributed by atoms with Gasteiger partial charge in [0.1, 0.15) is 17.4 Å². The van der Waals surface area contributed by atoms with E-state index in [4.69, 9.17) is 19.6 Å². The fourth-order valence-corrected chi connectivity index (χ4v) is 6.22. The van der Waals surface area contributed by atoms with Gasteiger partial charge in [-0.05, 0) is 49.7 Å². The minimum absolute atomic E-state index is 0.0852. The third-order valence-electron chi connectivity index (χ3n) is 8.78. The van der Waals surface area contributed by atoms with E-state index in [9.17, 15) is 9.59 Å². The number of H-pyrrole nitrogens is 1. The molecule has 2 aromatic carbocycles. The molecule has 2 aliphatic rings. The highest BCUT2D eigenvalue weighted by Crippen LogP contribution is 2.30. The van der Waals surface area contributed by atoms with E-state index in [0.717, 1.165) is 46.3 Å². The maximum absolute atomic E-state index is 13.9. The molecule has 4 N–H and O–H groups in total. The summed E-state index contributed by atoms with van der Waals surface area (Å²) in [5.41, 5.74) is 8.74. The Morgan fingerprint density at radius 1 is 1.09 bits per heavy atom. The zero-order chi connectivity index (χ0) is 29.9. The quantitative estimate of drug-likeness (QED) is 0.273.